The van der Waals surface area contributed by atoms with Crippen LogP contribution in [0.3, 0.4) is 0 Å². The Labute approximate surface area is 116 Å². The van der Waals surface area contributed by atoms with Gasteiger partial charge < -0.3 is 10.1 Å². The van der Waals surface area contributed by atoms with Crippen molar-refractivity contribution in [1.29, 1.82) is 0 Å². The van der Waals surface area contributed by atoms with Gasteiger partial charge in [-0.05, 0) is 30.5 Å². The summed E-state index contributed by atoms with van der Waals surface area (Å²) in [5.41, 5.74) is 0.880. The number of nitrogens with one attached hydrogen (secondary N) is 1. The number of amides is 1. The quantitative estimate of drug-likeness (QED) is 0.907. The molecule has 5 heteroatoms. The molecule has 19 heavy (non-hydrogen) atoms. The first kappa shape index (κ1) is 13.8. The molecular formula is C14H18N2O2S. The molecule has 1 heterocycles. The first-order chi connectivity index (χ1) is 9.08. The molecule has 0 saturated heterocycles. The number of ether oxygens (including phenoxy) is 1. The smallest absolute Gasteiger partial charge is 0.226 e. The monoisotopic (exact) mass is 278 g/mol. The molecule has 0 spiro atoms. The molecule has 1 aromatic heterocycles. The highest BCUT2D eigenvalue weighted by Gasteiger charge is 2.09. The molecule has 0 aliphatic heterocycles. The SMILES string of the molecule is COc1ccc2nc(NC(=O)CCC(C)C)sc2c1. The molecule has 0 unspecified atom stereocenters. The maximum Gasteiger partial charge on any atom is 0.226 e. The molecule has 102 valence electrons. The number of carbonyl (C=O) groups is 1. The van der Waals surface area contributed by atoms with Crippen molar-refractivity contribution in [2.75, 3.05) is 12.4 Å². The first-order valence-electron chi connectivity index (χ1n) is 6.33. The van der Waals surface area contributed by atoms with Gasteiger partial charge in [0.15, 0.2) is 5.13 Å². The highest BCUT2D eigenvalue weighted by molar-refractivity contribution is 7.22. The number of hydrogen-bond acceptors (Lipinski definition) is 4. The number of rotatable bonds is 5. The first-order valence-corrected chi connectivity index (χ1v) is 7.14. The van der Waals surface area contributed by atoms with Gasteiger partial charge in [-0.15, -0.1) is 0 Å². The topological polar surface area (TPSA) is 51.2 Å². The second-order valence-corrected chi connectivity index (χ2v) is 5.86. The van der Waals surface area contributed by atoms with Crippen molar-refractivity contribution in [3.8, 4) is 5.75 Å². The van der Waals surface area contributed by atoms with E-state index in [1.165, 1.54) is 11.3 Å². The van der Waals surface area contributed by atoms with Crippen LogP contribution in [0.5, 0.6) is 5.75 Å². The fourth-order valence-electron chi connectivity index (χ4n) is 1.69. The molecule has 0 atom stereocenters. The van der Waals surface area contributed by atoms with E-state index >= 15 is 0 Å². The van der Waals surface area contributed by atoms with Gasteiger partial charge in [-0.2, -0.15) is 0 Å². The van der Waals surface area contributed by atoms with E-state index in [-0.39, 0.29) is 5.91 Å². The Balaban J connectivity index is 2.06. The van der Waals surface area contributed by atoms with E-state index in [9.17, 15) is 4.79 Å². The minimum absolute atomic E-state index is 0.0275. The highest BCUT2D eigenvalue weighted by atomic mass is 32.1. The lowest BCUT2D eigenvalue weighted by Crippen LogP contribution is -2.11. The van der Waals surface area contributed by atoms with Gasteiger partial charge in [0.2, 0.25) is 5.91 Å². The Kier molecular flexibility index (Phi) is 4.37. The zero-order valence-corrected chi connectivity index (χ0v) is 12.2. The van der Waals surface area contributed by atoms with Gasteiger partial charge in [0, 0.05) is 6.42 Å². The van der Waals surface area contributed by atoms with Crippen molar-refractivity contribution >= 4 is 32.6 Å². The van der Waals surface area contributed by atoms with Crippen LogP contribution in [0.4, 0.5) is 5.13 Å². The minimum Gasteiger partial charge on any atom is -0.497 e. The molecule has 4 nitrogen and oxygen atoms in total. The van der Waals surface area contributed by atoms with Gasteiger partial charge in [0.25, 0.3) is 0 Å². The standard InChI is InChI=1S/C14H18N2O2S/c1-9(2)4-7-13(17)16-14-15-11-6-5-10(18-3)8-12(11)19-14/h5-6,8-9H,4,7H2,1-3H3,(H,15,16,17). The molecule has 1 amide bonds. The molecule has 0 radical (unpaired) electrons. The third-order valence-electron chi connectivity index (χ3n) is 2.79. The summed E-state index contributed by atoms with van der Waals surface area (Å²) < 4.78 is 6.18. The predicted molar refractivity (Wildman–Crippen MR) is 78.9 cm³/mol. The summed E-state index contributed by atoms with van der Waals surface area (Å²) in [5, 5.41) is 3.50. The van der Waals surface area contributed by atoms with E-state index in [1.807, 2.05) is 18.2 Å². The van der Waals surface area contributed by atoms with Crippen molar-refractivity contribution in [3.05, 3.63) is 18.2 Å². The van der Waals surface area contributed by atoms with E-state index in [0.29, 0.717) is 17.5 Å². The third kappa shape index (κ3) is 3.67. The van der Waals surface area contributed by atoms with Gasteiger partial charge in [-0.3, -0.25) is 4.79 Å². The van der Waals surface area contributed by atoms with Gasteiger partial charge in [-0.1, -0.05) is 25.2 Å². The number of aromatic nitrogens is 1. The van der Waals surface area contributed by atoms with Crippen LogP contribution in [0.25, 0.3) is 10.2 Å². The second kappa shape index (κ2) is 6.02. The highest BCUT2D eigenvalue weighted by Crippen LogP contribution is 2.29. The number of thiazole rings is 1. The average molecular weight is 278 g/mol. The molecule has 1 N–H and O–H groups in total. The minimum atomic E-state index is 0.0275. The maximum atomic E-state index is 11.7. The van der Waals surface area contributed by atoms with Crippen LogP contribution in [-0.4, -0.2) is 18.0 Å². The Morgan fingerprint density at radius 2 is 2.26 bits per heavy atom. The summed E-state index contributed by atoms with van der Waals surface area (Å²) in [5.74, 6) is 1.36. The normalized spacial score (nSPS) is 10.9. The number of anilines is 1. The van der Waals surface area contributed by atoms with Crippen molar-refractivity contribution in [2.45, 2.75) is 26.7 Å². The summed E-state index contributed by atoms with van der Waals surface area (Å²) in [6.45, 7) is 4.22. The Morgan fingerprint density at radius 3 is 2.95 bits per heavy atom. The van der Waals surface area contributed by atoms with Crippen LogP contribution in [0.1, 0.15) is 26.7 Å². The molecule has 2 aromatic rings. The van der Waals surface area contributed by atoms with Crippen molar-refractivity contribution in [1.82, 2.24) is 4.98 Å². The van der Waals surface area contributed by atoms with E-state index in [2.05, 4.69) is 24.1 Å². The number of carbonyl (C=O) groups excluding carboxylic acids is 1. The summed E-state index contributed by atoms with van der Waals surface area (Å²) in [4.78, 5) is 16.1. The second-order valence-electron chi connectivity index (χ2n) is 4.83. The summed E-state index contributed by atoms with van der Waals surface area (Å²) in [6, 6.07) is 5.69. The van der Waals surface area contributed by atoms with Crippen LogP contribution in [0, 0.1) is 5.92 Å². The average Bonchev–Trinajstić information content (AvgIpc) is 2.77. The molecule has 0 aliphatic rings. The van der Waals surface area contributed by atoms with Crippen molar-refractivity contribution in [3.63, 3.8) is 0 Å². The Hall–Kier alpha value is -1.62. The third-order valence-corrected chi connectivity index (χ3v) is 3.72. The summed E-state index contributed by atoms with van der Waals surface area (Å²) in [6.07, 6.45) is 1.43. The number of hydrogen-bond donors (Lipinski definition) is 1. The summed E-state index contributed by atoms with van der Waals surface area (Å²) >= 11 is 1.47. The number of benzene rings is 1. The van der Waals surface area contributed by atoms with E-state index in [4.69, 9.17) is 4.74 Å². The van der Waals surface area contributed by atoms with Gasteiger partial charge in [-0.25, -0.2) is 4.98 Å². The molecule has 1 aromatic carbocycles. The van der Waals surface area contributed by atoms with E-state index in [1.54, 1.807) is 7.11 Å². The largest absolute Gasteiger partial charge is 0.497 e. The number of methoxy groups -OCH3 is 1. The maximum absolute atomic E-state index is 11.7. The van der Waals surface area contributed by atoms with Crippen LogP contribution in [-0.2, 0) is 4.79 Å². The molecular weight excluding hydrogens is 260 g/mol. The van der Waals surface area contributed by atoms with Crippen molar-refractivity contribution < 1.29 is 9.53 Å². The Morgan fingerprint density at radius 1 is 1.47 bits per heavy atom. The molecule has 0 saturated carbocycles. The molecule has 0 aliphatic carbocycles. The van der Waals surface area contributed by atoms with Gasteiger partial charge in [0.05, 0.1) is 17.3 Å². The van der Waals surface area contributed by atoms with Crippen molar-refractivity contribution in [2.24, 2.45) is 5.92 Å². The van der Waals surface area contributed by atoms with Crippen LogP contribution < -0.4 is 10.1 Å². The lowest BCUT2D eigenvalue weighted by Gasteiger charge is -2.03. The zero-order valence-electron chi connectivity index (χ0n) is 11.4. The lowest BCUT2D eigenvalue weighted by atomic mass is 10.1. The van der Waals surface area contributed by atoms with Gasteiger partial charge in [0.1, 0.15) is 5.75 Å². The number of nitrogens with zero attached hydrogens (tertiary/aromatic N) is 1. The predicted octanol–water partition coefficient (Wildman–Crippen LogP) is 3.68. The number of fused-ring (bicyclic) bond motifs is 1. The fourth-order valence-corrected chi connectivity index (χ4v) is 2.60. The zero-order chi connectivity index (χ0) is 13.8. The molecule has 2 rings (SSSR count). The van der Waals surface area contributed by atoms with Crippen LogP contribution >= 0.6 is 11.3 Å². The van der Waals surface area contributed by atoms with E-state index in [0.717, 1.165) is 22.4 Å². The van der Waals surface area contributed by atoms with E-state index < -0.39 is 0 Å². The Bertz CT molecular complexity index is 578. The molecule has 0 bridgehead atoms. The summed E-state index contributed by atoms with van der Waals surface area (Å²) in [7, 11) is 1.64. The fraction of sp³-hybridized carbons (Fsp3) is 0.429. The van der Waals surface area contributed by atoms with Crippen LogP contribution in [0.15, 0.2) is 18.2 Å². The van der Waals surface area contributed by atoms with Gasteiger partial charge >= 0.3 is 0 Å². The van der Waals surface area contributed by atoms with Crippen LogP contribution in [0.2, 0.25) is 0 Å². The lowest BCUT2D eigenvalue weighted by molar-refractivity contribution is -0.116. The molecule has 0 fully saturated rings.